The van der Waals surface area contributed by atoms with E-state index in [1.807, 2.05) is 6.07 Å². The smallest absolute Gasteiger partial charge is 0.127 e. The number of nitrogens with one attached hydrogen (secondary N) is 1. The van der Waals surface area contributed by atoms with Crippen LogP contribution in [0.1, 0.15) is 13.3 Å². The van der Waals surface area contributed by atoms with Crippen molar-refractivity contribution < 1.29 is 0 Å². The minimum absolute atomic E-state index is 0.765. The summed E-state index contributed by atoms with van der Waals surface area (Å²) in [4.78, 5) is 4.17. The van der Waals surface area contributed by atoms with Crippen molar-refractivity contribution in [2.45, 2.75) is 13.3 Å². The van der Waals surface area contributed by atoms with Gasteiger partial charge >= 0.3 is 0 Å². The molecule has 3 nitrogen and oxygen atoms in total. The van der Waals surface area contributed by atoms with Gasteiger partial charge in [-0.2, -0.15) is 0 Å². The topological polar surface area (TPSA) is 50.9 Å². The molecule has 13 heavy (non-hydrogen) atoms. The fraction of sp³-hybridized carbons (Fsp3) is 0.500. The van der Waals surface area contributed by atoms with Gasteiger partial charge in [-0.05, 0) is 24.3 Å². The van der Waals surface area contributed by atoms with Crippen LogP contribution in [0.15, 0.2) is 18.3 Å². The fourth-order valence-electron chi connectivity index (χ4n) is 1.46. The highest BCUT2D eigenvalue weighted by Gasteiger charge is 2.31. The molecule has 1 aliphatic rings. The highest BCUT2D eigenvalue weighted by atomic mass is 15.0. The van der Waals surface area contributed by atoms with Crippen LogP contribution in [0.5, 0.6) is 0 Å². The largest absolute Gasteiger partial charge is 0.399 e. The van der Waals surface area contributed by atoms with Gasteiger partial charge in [0, 0.05) is 24.5 Å². The zero-order valence-corrected chi connectivity index (χ0v) is 7.83. The van der Waals surface area contributed by atoms with Gasteiger partial charge in [0.2, 0.25) is 0 Å². The minimum atomic E-state index is 0.765. The zero-order chi connectivity index (χ0) is 9.26. The lowest BCUT2D eigenvalue weighted by atomic mass is 10.3. The number of hydrogen-bond donors (Lipinski definition) is 2. The summed E-state index contributed by atoms with van der Waals surface area (Å²) in [5.74, 6) is 2.61. The molecule has 0 saturated heterocycles. The quantitative estimate of drug-likeness (QED) is 0.739. The molecule has 1 fully saturated rings. The molecule has 2 unspecified atom stereocenters. The van der Waals surface area contributed by atoms with Gasteiger partial charge in [0.1, 0.15) is 5.82 Å². The van der Waals surface area contributed by atoms with Crippen LogP contribution >= 0.6 is 0 Å². The van der Waals surface area contributed by atoms with E-state index in [1.165, 1.54) is 6.42 Å². The molecule has 0 aliphatic heterocycles. The van der Waals surface area contributed by atoms with E-state index < -0.39 is 0 Å². The van der Waals surface area contributed by atoms with Crippen molar-refractivity contribution in [3.63, 3.8) is 0 Å². The number of pyridine rings is 1. The van der Waals surface area contributed by atoms with Gasteiger partial charge in [-0.25, -0.2) is 4.98 Å². The summed E-state index contributed by atoms with van der Waals surface area (Å²) >= 11 is 0. The lowest BCUT2D eigenvalue weighted by Gasteiger charge is -2.04. The van der Waals surface area contributed by atoms with Crippen LogP contribution in [0.25, 0.3) is 0 Å². The Morgan fingerprint density at radius 2 is 2.46 bits per heavy atom. The second-order valence-corrected chi connectivity index (χ2v) is 3.83. The van der Waals surface area contributed by atoms with Crippen molar-refractivity contribution >= 4 is 11.5 Å². The Bertz CT molecular complexity index is 298. The Morgan fingerprint density at radius 1 is 1.69 bits per heavy atom. The molecule has 1 aromatic heterocycles. The fourth-order valence-corrected chi connectivity index (χ4v) is 1.46. The SMILES string of the molecule is CC1CC1CNc1cc(N)ccn1. The molecule has 2 atom stereocenters. The highest BCUT2D eigenvalue weighted by Crippen LogP contribution is 2.37. The summed E-state index contributed by atoms with van der Waals surface area (Å²) in [5.41, 5.74) is 6.39. The monoisotopic (exact) mass is 177 g/mol. The normalized spacial score (nSPS) is 25.6. The van der Waals surface area contributed by atoms with E-state index in [9.17, 15) is 0 Å². The van der Waals surface area contributed by atoms with Crippen LogP contribution in [0.3, 0.4) is 0 Å². The Hall–Kier alpha value is -1.25. The van der Waals surface area contributed by atoms with E-state index >= 15 is 0 Å². The summed E-state index contributed by atoms with van der Waals surface area (Å²) in [6.07, 6.45) is 3.07. The van der Waals surface area contributed by atoms with Gasteiger partial charge in [-0.3, -0.25) is 0 Å². The predicted molar refractivity (Wildman–Crippen MR) is 54.4 cm³/mol. The van der Waals surface area contributed by atoms with Crippen LogP contribution in [-0.4, -0.2) is 11.5 Å². The van der Waals surface area contributed by atoms with Crippen molar-refractivity contribution in [2.75, 3.05) is 17.6 Å². The highest BCUT2D eigenvalue weighted by molar-refractivity contribution is 5.48. The second kappa shape index (κ2) is 3.24. The van der Waals surface area contributed by atoms with Gasteiger partial charge in [0.15, 0.2) is 0 Å². The van der Waals surface area contributed by atoms with Crippen LogP contribution in [0.2, 0.25) is 0 Å². The number of anilines is 2. The summed E-state index contributed by atoms with van der Waals surface area (Å²) in [5, 5.41) is 3.29. The molecule has 0 bridgehead atoms. The molecule has 0 aromatic carbocycles. The van der Waals surface area contributed by atoms with Crippen LogP contribution in [0.4, 0.5) is 11.5 Å². The third kappa shape index (κ3) is 2.11. The number of nitrogens with zero attached hydrogens (tertiary/aromatic N) is 1. The summed E-state index contributed by atoms with van der Waals surface area (Å²) in [7, 11) is 0. The average Bonchev–Trinajstić information content (AvgIpc) is 2.79. The van der Waals surface area contributed by atoms with E-state index in [1.54, 1.807) is 12.3 Å². The van der Waals surface area contributed by atoms with E-state index in [2.05, 4.69) is 17.2 Å². The molecule has 0 spiro atoms. The second-order valence-electron chi connectivity index (χ2n) is 3.83. The molecule has 0 amide bonds. The molecule has 1 heterocycles. The lowest BCUT2D eigenvalue weighted by molar-refractivity contribution is 0.784. The van der Waals surface area contributed by atoms with Crippen molar-refractivity contribution in [1.29, 1.82) is 0 Å². The molecule has 1 aromatic rings. The standard InChI is InChI=1S/C10H15N3/c1-7-4-8(7)6-13-10-5-9(11)2-3-12-10/h2-3,5,7-8H,4,6H2,1H3,(H3,11,12,13). The van der Waals surface area contributed by atoms with Gasteiger partial charge in [0.25, 0.3) is 0 Å². The molecule has 70 valence electrons. The van der Waals surface area contributed by atoms with Crippen molar-refractivity contribution in [2.24, 2.45) is 11.8 Å². The molecule has 3 heteroatoms. The van der Waals surface area contributed by atoms with Gasteiger partial charge in [-0.1, -0.05) is 6.92 Å². The van der Waals surface area contributed by atoms with Gasteiger partial charge in [-0.15, -0.1) is 0 Å². The molecule has 3 N–H and O–H groups in total. The lowest BCUT2D eigenvalue weighted by Crippen LogP contribution is -2.06. The summed E-state index contributed by atoms with van der Waals surface area (Å²) in [6, 6.07) is 3.66. The van der Waals surface area contributed by atoms with E-state index in [0.717, 1.165) is 29.9 Å². The molecule has 2 rings (SSSR count). The number of hydrogen-bond acceptors (Lipinski definition) is 3. The average molecular weight is 177 g/mol. The van der Waals surface area contributed by atoms with Crippen molar-refractivity contribution in [1.82, 2.24) is 4.98 Å². The van der Waals surface area contributed by atoms with E-state index in [-0.39, 0.29) is 0 Å². The van der Waals surface area contributed by atoms with Crippen LogP contribution in [-0.2, 0) is 0 Å². The molecule has 1 saturated carbocycles. The zero-order valence-electron chi connectivity index (χ0n) is 7.83. The third-order valence-corrected chi connectivity index (χ3v) is 2.61. The Morgan fingerprint density at radius 3 is 3.08 bits per heavy atom. The number of nitrogen functional groups attached to an aromatic ring is 1. The number of rotatable bonds is 3. The first-order valence-corrected chi connectivity index (χ1v) is 4.71. The van der Waals surface area contributed by atoms with Crippen molar-refractivity contribution in [3.05, 3.63) is 18.3 Å². The number of aromatic nitrogens is 1. The van der Waals surface area contributed by atoms with Gasteiger partial charge < -0.3 is 11.1 Å². The maximum absolute atomic E-state index is 5.63. The third-order valence-electron chi connectivity index (χ3n) is 2.61. The van der Waals surface area contributed by atoms with Crippen molar-refractivity contribution in [3.8, 4) is 0 Å². The maximum atomic E-state index is 5.63. The van der Waals surface area contributed by atoms with E-state index in [0.29, 0.717) is 0 Å². The van der Waals surface area contributed by atoms with Gasteiger partial charge in [0.05, 0.1) is 0 Å². The first-order chi connectivity index (χ1) is 6.25. The predicted octanol–water partition coefficient (Wildman–Crippen LogP) is 1.73. The number of nitrogens with two attached hydrogens (primary N) is 1. The summed E-state index contributed by atoms with van der Waals surface area (Å²) < 4.78 is 0. The summed E-state index contributed by atoms with van der Waals surface area (Å²) in [6.45, 7) is 3.30. The van der Waals surface area contributed by atoms with E-state index in [4.69, 9.17) is 5.73 Å². The Kier molecular flexibility index (Phi) is 2.08. The Labute approximate surface area is 78.4 Å². The van der Waals surface area contributed by atoms with Crippen LogP contribution < -0.4 is 11.1 Å². The molecule has 0 radical (unpaired) electrons. The molecular formula is C10H15N3. The molecular weight excluding hydrogens is 162 g/mol. The Balaban J connectivity index is 1.87. The first kappa shape index (κ1) is 8.35. The minimum Gasteiger partial charge on any atom is -0.399 e. The van der Waals surface area contributed by atoms with Crippen LogP contribution in [0, 0.1) is 11.8 Å². The molecule has 1 aliphatic carbocycles. The maximum Gasteiger partial charge on any atom is 0.127 e. The first-order valence-electron chi connectivity index (χ1n) is 4.71.